The van der Waals surface area contributed by atoms with Crippen LogP contribution in [0.2, 0.25) is 0 Å². The highest BCUT2D eigenvalue weighted by Crippen LogP contribution is 2.23. The number of hydrogen-bond acceptors (Lipinski definition) is 5. The van der Waals surface area contributed by atoms with Crippen molar-refractivity contribution in [2.75, 3.05) is 10.5 Å². The van der Waals surface area contributed by atoms with Crippen LogP contribution in [0.25, 0.3) is 0 Å². The summed E-state index contributed by atoms with van der Waals surface area (Å²) in [6, 6.07) is 3.40. The maximum absolute atomic E-state index is 13.6. The lowest BCUT2D eigenvalue weighted by molar-refractivity contribution is 0.522. The molecule has 0 aliphatic heterocycles. The highest BCUT2D eigenvalue weighted by molar-refractivity contribution is 7.92. The fourth-order valence-electron chi connectivity index (χ4n) is 1.43. The fourth-order valence-corrected chi connectivity index (χ4v) is 2.55. The molecule has 20 heavy (non-hydrogen) atoms. The molecule has 0 aliphatic carbocycles. The molecule has 0 fully saturated rings. The molecule has 0 bridgehead atoms. The number of nitrogen functional groups attached to an aromatic ring is 1. The first-order valence-corrected chi connectivity index (χ1v) is 6.61. The summed E-state index contributed by atoms with van der Waals surface area (Å²) >= 11 is 0. The van der Waals surface area contributed by atoms with E-state index in [0.29, 0.717) is 12.1 Å². The van der Waals surface area contributed by atoms with E-state index in [9.17, 15) is 22.0 Å². The molecule has 4 N–H and O–H groups in total. The molecular formula is C10H8F2N4O3S. The topological polar surface area (TPSA) is 118 Å². The van der Waals surface area contributed by atoms with Crippen molar-refractivity contribution in [1.29, 1.82) is 0 Å². The monoisotopic (exact) mass is 302 g/mol. The zero-order valence-electron chi connectivity index (χ0n) is 9.72. The van der Waals surface area contributed by atoms with Crippen molar-refractivity contribution >= 4 is 21.5 Å². The SMILES string of the molecule is Nc1cc(F)c(S(=O)(=O)Nc2ccc(=O)[nH]n2)c(F)c1. The second kappa shape index (κ2) is 4.89. The van der Waals surface area contributed by atoms with E-state index in [1.165, 1.54) is 0 Å². The molecule has 106 valence electrons. The van der Waals surface area contributed by atoms with Gasteiger partial charge in [-0.05, 0) is 18.2 Å². The van der Waals surface area contributed by atoms with Crippen molar-refractivity contribution in [3.8, 4) is 0 Å². The molecule has 0 spiro atoms. The van der Waals surface area contributed by atoms with Gasteiger partial charge in [-0.15, -0.1) is 0 Å². The van der Waals surface area contributed by atoms with Gasteiger partial charge in [-0.3, -0.25) is 9.52 Å². The number of nitrogens with zero attached hydrogens (tertiary/aromatic N) is 1. The first-order valence-electron chi connectivity index (χ1n) is 5.12. The Bertz CT molecular complexity index is 776. The summed E-state index contributed by atoms with van der Waals surface area (Å²) in [5, 5.41) is 5.34. The molecule has 10 heteroatoms. The number of sulfonamides is 1. The molecular weight excluding hydrogens is 294 g/mol. The first kappa shape index (κ1) is 13.9. The Labute approximate surface area is 111 Å². The van der Waals surface area contributed by atoms with Crippen molar-refractivity contribution in [2.45, 2.75) is 4.90 Å². The smallest absolute Gasteiger partial charge is 0.268 e. The van der Waals surface area contributed by atoms with Gasteiger partial charge in [0.2, 0.25) is 0 Å². The third-order valence-electron chi connectivity index (χ3n) is 2.21. The van der Waals surface area contributed by atoms with Crippen LogP contribution in [0, 0.1) is 11.6 Å². The molecule has 7 nitrogen and oxygen atoms in total. The quantitative estimate of drug-likeness (QED) is 0.711. The Kier molecular flexibility index (Phi) is 3.40. The van der Waals surface area contributed by atoms with Gasteiger partial charge in [0.25, 0.3) is 15.6 Å². The van der Waals surface area contributed by atoms with Gasteiger partial charge in [0.15, 0.2) is 10.7 Å². The van der Waals surface area contributed by atoms with E-state index in [4.69, 9.17) is 5.73 Å². The van der Waals surface area contributed by atoms with Crippen molar-refractivity contribution in [3.63, 3.8) is 0 Å². The van der Waals surface area contributed by atoms with Crippen LogP contribution in [-0.4, -0.2) is 18.6 Å². The van der Waals surface area contributed by atoms with Gasteiger partial charge in [0.1, 0.15) is 11.6 Å². The van der Waals surface area contributed by atoms with E-state index in [1.807, 2.05) is 9.82 Å². The minimum absolute atomic E-state index is 0.249. The van der Waals surface area contributed by atoms with Gasteiger partial charge in [-0.1, -0.05) is 0 Å². The molecule has 1 aromatic carbocycles. The Hall–Kier alpha value is -2.49. The average Bonchev–Trinajstić information content (AvgIpc) is 2.30. The second-order valence-corrected chi connectivity index (χ2v) is 5.34. The van der Waals surface area contributed by atoms with Gasteiger partial charge in [-0.25, -0.2) is 22.3 Å². The summed E-state index contributed by atoms with van der Waals surface area (Å²) in [6.45, 7) is 0. The number of rotatable bonds is 3. The van der Waals surface area contributed by atoms with Crippen LogP contribution in [0.4, 0.5) is 20.3 Å². The van der Waals surface area contributed by atoms with Gasteiger partial charge >= 0.3 is 0 Å². The summed E-state index contributed by atoms with van der Waals surface area (Å²) < 4.78 is 52.7. The zero-order valence-corrected chi connectivity index (χ0v) is 10.5. The number of aromatic amines is 1. The third kappa shape index (κ3) is 2.74. The molecule has 0 atom stereocenters. The van der Waals surface area contributed by atoms with Crippen LogP contribution in [-0.2, 0) is 10.0 Å². The number of hydrogen-bond donors (Lipinski definition) is 3. The Morgan fingerprint density at radius 2 is 1.80 bits per heavy atom. The Morgan fingerprint density at radius 3 is 2.30 bits per heavy atom. The normalized spacial score (nSPS) is 11.3. The van der Waals surface area contributed by atoms with Crippen LogP contribution in [0.1, 0.15) is 0 Å². The molecule has 0 saturated carbocycles. The summed E-state index contributed by atoms with van der Waals surface area (Å²) in [7, 11) is -4.54. The Morgan fingerprint density at radius 1 is 1.20 bits per heavy atom. The van der Waals surface area contributed by atoms with E-state index in [0.717, 1.165) is 12.1 Å². The van der Waals surface area contributed by atoms with Gasteiger partial charge < -0.3 is 5.73 Å². The van der Waals surface area contributed by atoms with Gasteiger partial charge in [-0.2, -0.15) is 5.10 Å². The zero-order chi connectivity index (χ0) is 14.9. The molecule has 0 unspecified atom stereocenters. The lowest BCUT2D eigenvalue weighted by Gasteiger charge is -2.09. The molecule has 1 heterocycles. The van der Waals surface area contributed by atoms with Crippen LogP contribution in [0.5, 0.6) is 0 Å². The standard InChI is InChI=1S/C10H8F2N4O3S/c11-6-3-5(13)4-7(12)10(6)20(18,19)16-8-1-2-9(17)15-14-8/h1-4H,13H2,(H,14,16)(H,15,17). The van der Waals surface area contributed by atoms with E-state index in [1.54, 1.807) is 0 Å². The molecule has 0 aliphatic rings. The third-order valence-corrected chi connectivity index (χ3v) is 3.61. The molecule has 0 radical (unpaired) electrons. The Balaban J connectivity index is 2.46. The minimum atomic E-state index is -4.54. The summed E-state index contributed by atoms with van der Waals surface area (Å²) in [4.78, 5) is 9.59. The minimum Gasteiger partial charge on any atom is -0.399 e. The van der Waals surface area contributed by atoms with E-state index in [-0.39, 0.29) is 11.5 Å². The number of aromatic nitrogens is 2. The summed E-state index contributed by atoms with van der Waals surface area (Å²) in [5.41, 5.74) is 4.39. The number of benzene rings is 1. The van der Waals surface area contributed by atoms with E-state index >= 15 is 0 Å². The maximum atomic E-state index is 13.6. The van der Waals surface area contributed by atoms with Gasteiger partial charge in [0, 0.05) is 11.8 Å². The van der Waals surface area contributed by atoms with E-state index in [2.05, 4.69) is 5.10 Å². The first-order chi connectivity index (χ1) is 9.29. The number of H-pyrrole nitrogens is 1. The highest BCUT2D eigenvalue weighted by Gasteiger charge is 2.25. The molecule has 0 amide bonds. The molecule has 1 aromatic heterocycles. The largest absolute Gasteiger partial charge is 0.399 e. The predicted octanol–water partition coefficient (Wildman–Crippen LogP) is 0.431. The average molecular weight is 302 g/mol. The lowest BCUT2D eigenvalue weighted by atomic mass is 10.3. The van der Waals surface area contributed by atoms with E-state index < -0.39 is 32.1 Å². The van der Waals surface area contributed by atoms with Crippen LogP contribution in [0.3, 0.4) is 0 Å². The van der Waals surface area contributed by atoms with Crippen LogP contribution in [0.15, 0.2) is 34.0 Å². The number of halogens is 2. The maximum Gasteiger partial charge on any atom is 0.268 e. The summed E-state index contributed by atoms with van der Waals surface area (Å²) in [6.07, 6.45) is 0. The predicted molar refractivity (Wildman–Crippen MR) is 66.4 cm³/mol. The van der Waals surface area contributed by atoms with Crippen molar-refractivity contribution < 1.29 is 17.2 Å². The fraction of sp³-hybridized carbons (Fsp3) is 0. The second-order valence-electron chi connectivity index (χ2n) is 3.73. The molecule has 0 saturated heterocycles. The van der Waals surface area contributed by atoms with Crippen molar-refractivity contribution in [1.82, 2.24) is 10.2 Å². The highest BCUT2D eigenvalue weighted by atomic mass is 32.2. The lowest BCUT2D eigenvalue weighted by Crippen LogP contribution is -2.19. The van der Waals surface area contributed by atoms with Gasteiger partial charge in [0.05, 0.1) is 0 Å². The van der Waals surface area contributed by atoms with Crippen molar-refractivity contribution in [2.24, 2.45) is 0 Å². The molecule has 2 rings (SSSR count). The number of nitrogens with one attached hydrogen (secondary N) is 2. The summed E-state index contributed by atoms with van der Waals surface area (Å²) in [5.74, 6) is -2.96. The molecule has 2 aromatic rings. The van der Waals surface area contributed by atoms with Crippen LogP contribution < -0.4 is 16.0 Å². The van der Waals surface area contributed by atoms with Crippen molar-refractivity contribution in [3.05, 3.63) is 46.3 Å². The number of nitrogens with two attached hydrogens (primary N) is 1. The van der Waals surface area contributed by atoms with Crippen LogP contribution >= 0.6 is 0 Å². The number of anilines is 2.